The summed E-state index contributed by atoms with van der Waals surface area (Å²) in [6.45, 7) is 8.13. The maximum atomic E-state index is 5.93. The monoisotopic (exact) mass is 228 g/mol. The highest BCUT2D eigenvalue weighted by atomic mass is 32.2. The highest BCUT2D eigenvalue weighted by Crippen LogP contribution is 2.41. The first-order valence-corrected chi connectivity index (χ1v) is 7.27. The molecule has 0 bridgehead atoms. The molecule has 2 aliphatic rings. The Labute approximate surface area is 98.0 Å². The largest absolute Gasteiger partial charge is 0.330 e. The van der Waals surface area contributed by atoms with Crippen LogP contribution >= 0.6 is 11.8 Å². The molecule has 0 aromatic heterocycles. The summed E-state index contributed by atoms with van der Waals surface area (Å²) < 4.78 is 0. The molecule has 2 fully saturated rings. The number of nitrogens with two attached hydrogens (primary N) is 1. The van der Waals surface area contributed by atoms with Gasteiger partial charge < -0.3 is 5.73 Å². The number of nitrogens with zero attached hydrogens (tertiary/aromatic N) is 1. The summed E-state index contributed by atoms with van der Waals surface area (Å²) in [7, 11) is 0. The molecule has 0 radical (unpaired) electrons. The second kappa shape index (κ2) is 4.64. The molecule has 1 saturated carbocycles. The van der Waals surface area contributed by atoms with Gasteiger partial charge in [0.2, 0.25) is 0 Å². The van der Waals surface area contributed by atoms with E-state index in [0.29, 0.717) is 5.41 Å². The lowest BCUT2D eigenvalue weighted by molar-refractivity contribution is 0.0569. The van der Waals surface area contributed by atoms with E-state index in [0.717, 1.165) is 17.8 Å². The van der Waals surface area contributed by atoms with E-state index in [4.69, 9.17) is 5.73 Å². The second-order valence-electron chi connectivity index (χ2n) is 5.34. The van der Waals surface area contributed by atoms with Crippen molar-refractivity contribution in [3.63, 3.8) is 0 Å². The van der Waals surface area contributed by atoms with Crippen LogP contribution in [-0.4, -0.2) is 41.6 Å². The van der Waals surface area contributed by atoms with Crippen LogP contribution < -0.4 is 5.73 Å². The lowest BCUT2D eigenvalue weighted by Gasteiger charge is -2.48. The van der Waals surface area contributed by atoms with Gasteiger partial charge in [0, 0.05) is 30.1 Å². The van der Waals surface area contributed by atoms with Gasteiger partial charge in [-0.2, -0.15) is 11.8 Å². The van der Waals surface area contributed by atoms with Crippen molar-refractivity contribution in [3.8, 4) is 0 Å². The van der Waals surface area contributed by atoms with Crippen LogP contribution in [-0.2, 0) is 0 Å². The highest BCUT2D eigenvalue weighted by Gasteiger charge is 2.39. The molecule has 15 heavy (non-hydrogen) atoms. The number of rotatable bonds is 3. The molecule has 2 rings (SSSR count). The van der Waals surface area contributed by atoms with Gasteiger partial charge in [0.25, 0.3) is 0 Å². The molecule has 0 amide bonds. The lowest BCUT2D eigenvalue weighted by atomic mass is 9.68. The molecule has 1 heterocycles. The predicted molar refractivity (Wildman–Crippen MR) is 68.3 cm³/mol. The lowest BCUT2D eigenvalue weighted by Crippen LogP contribution is -2.53. The van der Waals surface area contributed by atoms with Gasteiger partial charge in [-0.3, -0.25) is 4.90 Å². The average Bonchev–Trinajstić information content (AvgIpc) is 2.18. The summed E-state index contributed by atoms with van der Waals surface area (Å²) in [6.07, 6.45) is 4.10. The quantitative estimate of drug-likeness (QED) is 0.800. The minimum atomic E-state index is 0.482. The van der Waals surface area contributed by atoms with Crippen LogP contribution in [0.15, 0.2) is 0 Å². The molecule has 88 valence electrons. The van der Waals surface area contributed by atoms with Crippen molar-refractivity contribution in [3.05, 3.63) is 0 Å². The Morgan fingerprint density at radius 1 is 1.40 bits per heavy atom. The molecule has 0 aromatic carbocycles. The minimum Gasteiger partial charge on any atom is -0.330 e. The average molecular weight is 228 g/mol. The van der Waals surface area contributed by atoms with Crippen LogP contribution in [0, 0.1) is 5.41 Å². The summed E-state index contributed by atoms with van der Waals surface area (Å²) >= 11 is 2.12. The van der Waals surface area contributed by atoms with Crippen LogP contribution in [0.1, 0.15) is 33.1 Å². The van der Waals surface area contributed by atoms with Gasteiger partial charge >= 0.3 is 0 Å². The molecule has 2 atom stereocenters. The highest BCUT2D eigenvalue weighted by molar-refractivity contribution is 8.00. The maximum absolute atomic E-state index is 5.93. The Balaban J connectivity index is 1.92. The molecule has 2 N–H and O–H groups in total. The van der Waals surface area contributed by atoms with E-state index >= 15 is 0 Å². The van der Waals surface area contributed by atoms with E-state index in [1.807, 2.05) is 0 Å². The van der Waals surface area contributed by atoms with Crippen LogP contribution in [0.3, 0.4) is 0 Å². The standard InChI is InChI=1S/C12H24N2S/c1-10-11(2)15-7-6-14(10)9-12(8-13)4-3-5-12/h10-11H,3-9,13H2,1-2H3. The molecule has 2 unspecified atom stereocenters. The van der Waals surface area contributed by atoms with Gasteiger partial charge in [0.15, 0.2) is 0 Å². The van der Waals surface area contributed by atoms with E-state index < -0.39 is 0 Å². The topological polar surface area (TPSA) is 29.3 Å². The van der Waals surface area contributed by atoms with Crippen LogP contribution in [0.25, 0.3) is 0 Å². The van der Waals surface area contributed by atoms with Gasteiger partial charge in [0.1, 0.15) is 0 Å². The van der Waals surface area contributed by atoms with Gasteiger partial charge in [-0.25, -0.2) is 0 Å². The Bertz CT molecular complexity index is 210. The predicted octanol–water partition coefficient (Wildman–Crippen LogP) is 1.94. The zero-order chi connectivity index (χ0) is 10.9. The van der Waals surface area contributed by atoms with Crippen molar-refractivity contribution in [2.24, 2.45) is 11.1 Å². The normalized spacial score (nSPS) is 36.2. The molecule has 0 aromatic rings. The third-order valence-corrected chi connectivity index (χ3v) is 5.74. The first kappa shape index (κ1) is 11.7. The van der Waals surface area contributed by atoms with Crippen LogP contribution in [0.4, 0.5) is 0 Å². The molecule has 1 aliphatic carbocycles. The first-order valence-electron chi connectivity index (χ1n) is 6.23. The fourth-order valence-corrected chi connectivity index (χ4v) is 3.92. The molecule has 0 spiro atoms. The summed E-state index contributed by atoms with van der Waals surface area (Å²) in [5.41, 5.74) is 6.42. The van der Waals surface area contributed by atoms with Crippen molar-refractivity contribution < 1.29 is 0 Å². The fraction of sp³-hybridized carbons (Fsp3) is 1.00. The molecule has 2 nitrogen and oxygen atoms in total. The Hall–Kier alpha value is 0.270. The van der Waals surface area contributed by atoms with Crippen molar-refractivity contribution in [2.45, 2.75) is 44.4 Å². The molecule has 1 saturated heterocycles. The van der Waals surface area contributed by atoms with Gasteiger partial charge in [-0.1, -0.05) is 13.3 Å². The van der Waals surface area contributed by atoms with Crippen molar-refractivity contribution >= 4 is 11.8 Å². The van der Waals surface area contributed by atoms with E-state index in [2.05, 4.69) is 30.5 Å². The van der Waals surface area contributed by atoms with Crippen molar-refractivity contribution in [1.82, 2.24) is 4.90 Å². The summed E-state index contributed by atoms with van der Waals surface area (Å²) in [5.74, 6) is 1.30. The molecular formula is C12H24N2S. The zero-order valence-corrected chi connectivity index (χ0v) is 10.9. The molecule has 1 aliphatic heterocycles. The Morgan fingerprint density at radius 2 is 2.13 bits per heavy atom. The maximum Gasteiger partial charge on any atom is 0.0184 e. The third kappa shape index (κ3) is 2.34. The fourth-order valence-electron chi connectivity index (χ4n) is 2.75. The van der Waals surface area contributed by atoms with E-state index in [1.165, 1.54) is 38.1 Å². The number of thioether (sulfide) groups is 1. The van der Waals surface area contributed by atoms with Crippen molar-refractivity contribution in [1.29, 1.82) is 0 Å². The van der Waals surface area contributed by atoms with E-state index in [-0.39, 0.29) is 0 Å². The minimum absolute atomic E-state index is 0.482. The van der Waals surface area contributed by atoms with Gasteiger partial charge in [-0.15, -0.1) is 0 Å². The van der Waals surface area contributed by atoms with Gasteiger partial charge in [-0.05, 0) is 31.7 Å². The number of hydrogen-bond acceptors (Lipinski definition) is 3. The van der Waals surface area contributed by atoms with Crippen LogP contribution in [0.2, 0.25) is 0 Å². The third-order valence-electron chi connectivity index (χ3n) is 4.40. The smallest absolute Gasteiger partial charge is 0.0184 e. The number of hydrogen-bond donors (Lipinski definition) is 1. The summed E-state index contributed by atoms with van der Waals surface area (Å²) in [4.78, 5) is 2.67. The zero-order valence-electron chi connectivity index (χ0n) is 10.0. The van der Waals surface area contributed by atoms with E-state index in [1.54, 1.807) is 0 Å². The molecule has 3 heteroatoms. The van der Waals surface area contributed by atoms with Crippen molar-refractivity contribution in [2.75, 3.05) is 25.4 Å². The summed E-state index contributed by atoms with van der Waals surface area (Å²) in [5, 5.41) is 0.786. The Morgan fingerprint density at radius 3 is 2.67 bits per heavy atom. The first-order chi connectivity index (χ1) is 7.17. The summed E-state index contributed by atoms with van der Waals surface area (Å²) in [6, 6.07) is 0.729. The van der Waals surface area contributed by atoms with E-state index in [9.17, 15) is 0 Å². The Kier molecular flexibility index (Phi) is 3.63. The molecular weight excluding hydrogens is 204 g/mol. The SMILES string of the molecule is CC1SCCN(CC2(CN)CCC2)C1C. The van der Waals surface area contributed by atoms with Gasteiger partial charge in [0.05, 0.1) is 0 Å². The second-order valence-corrected chi connectivity index (χ2v) is 6.83. The van der Waals surface area contributed by atoms with Crippen LogP contribution in [0.5, 0.6) is 0 Å².